The molecule has 5 atom stereocenters. The summed E-state index contributed by atoms with van der Waals surface area (Å²) in [6.07, 6.45) is 3.00. The third-order valence-electron chi connectivity index (χ3n) is 9.17. The molecule has 40 heavy (non-hydrogen) atoms. The van der Waals surface area contributed by atoms with Crippen molar-refractivity contribution in [1.82, 2.24) is 0 Å². The Morgan fingerprint density at radius 1 is 0.650 bits per heavy atom. The molecule has 4 nitrogen and oxygen atoms in total. The molecule has 4 aromatic carbocycles. The molecule has 0 N–H and O–H groups in total. The number of methoxy groups -OCH3 is 2. The van der Waals surface area contributed by atoms with Gasteiger partial charge in [0.1, 0.15) is 23.1 Å². The molecule has 0 amide bonds. The average Bonchev–Trinajstić information content (AvgIpc) is 3.61. The van der Waals surface area contributed by atoms with Crippen molar-refractivity contribution >= 4 is 11.4 Å². The number of hydrogen-bond donors (Lipinski definition) is 0. The molecule has 2 fully saturated rings. The zero-order valence-electron chi connectivity index (χ0n) is 22.6. The van der Waals surface area contributed by atoms with Crippen LogP contribution in [0.3, 0.4) is 0 Å². The average molecular weight is 539 g/mol. The van der Waals surface area contributed by atoms with Gasteiger partial charge in [-0.3, -0.25) is 0 Å². The summed E-state index contributed by atoms with van der Waals surface area (Å²) in [7, 11) is 3.35. The number of hydrogen-bond acceptors (Lipinski definition) is 4. The van der Waals surface area contributed by atoms with Gasteiger partial charge in [-0.1, -0.05) is 24.3 Å². The Bertz CT molecular complexity index is 1510. The number of nitrogens with zero attached hydrogens (tertiary/aromatic N) is 2. The molecule has 0 bridgehead atoms. The molecule has 204 valence electrons. The molecule has 0 saturated carbocycles. The van der Waals surface area contributed by atoms with E-state index in [-0.39, 0.29) is 35.7 Å². The molecule has 0 aromatic heterocycles. The number of rotatable bonds is 5. The van der Waals surface area contributed by atoms with Crippen LogP contribution in [0.1, 0.15) is 54.1 Å². The second-order valence-corrected chi connectivity index (χ2v) is 11.1. The Kier molecular flexibility index (Phi) is 6.14. The highest BCUT2D eigenvalue weighted by atomic mass is 19.1. The van der Waals surface area contributed by atoms with Gasteiger partial charge in [-0.2, -0.15) is 0 Å². The van der Waals surface area contributed by atoms with Crippen LogP contribution in [0.2, 0.25) is 0 Å². The van der Waals surface area contributed by atoms with Gasteiger partial charge >= 0.3 is 0 Å². The van der Waals surface area contributed by atoms with E-state index < -0.39 is 0 Å². The maximum absolute atomic E-state index is 15.0. The van der Waals surface area contributed by atoms with Gasteiger partial charge in [-0.15, -0.1) is 0 Å². The number of fused-ring (bicyclic) bond motifs is 6. The van der Waals surface area contributed by atoms with E-state index in [0.29, 0.717) is 6.04 Å². The fourth-order valence-corrected chi connectivity index (χ4v) is 7.48. The van der Waals surface area contributed by atoms with Gasteiger partial charge in [-0.25, -0.2) is 8.78 Å². The van der Waals surface area contributed by atoms with Crippen LogP contribution in [0.15, 0.2) is 91.0 Å². The lowest BCUT2D eigenvalue weighted by Gasteiger charge is -2.46. The van der Waals surface area contributed by atoms with E-state index in [0.717, 1.165) is 47.7 Å². The highest BCUT2D eigenvalue weighted by Gasteiger charge is 2.54. The van der Waals surface area contributed by atoms with Crippen molar-refractivity contribution in [3.05, 3.63) is 119 Å². The third kappa shape index (κ3) is 4.00. The molecule has 7 rings (SSSR count). The Balaban J connectivity index is 1.36. The molecule has 6 heteroatoms. The van der Waals surface area contributed by atoms with Crippen LogP contribution in [0.5, 0.6) is 11.5 Å². The lowest BCUT2D eigenvalue weighted by atomic mass is 9.81. The van der Waals surface area contributed by atoms with E-state index >= 15 is 0 Å². The number of anilines is 2. The van der Waals surface area contributed by atoms with E-state index in [1.807, 2.05) is 42.5 Å². The summed E-state index contributed by atoms with van der Waals surface area (Å²) in [5.74, 6) is 1.43. The molecule has 2 saturated heterocycles. The van der Waals surface area contributed by atoms with E-state index in [1.165, 1.54) is 23.3 Å². The first kappa shape index (κ1) is 24.9. The van der Waals surface area contributed by atoms with Crippen LogP contribution in [-0.2, 0) is 0 Å². The fraction of sp³-hybridized carbons (Fsp3) is 0.294. The van der Waals surface area contributed by atoms with Crippen LogP contribution in [0.25, 0.3) is 0 Å². The van der Waals surface area contributed by atoms with Crippen molar-refractivity contribution in [2.75, 3.05) is 24.0 Å². The van der Waals surface area contributed by atoms with Gasteiger partial charge in [0, 0.05) is 28.9 Å². The van der Waals surface area contributed by atoms with Crippen molar-refractivity contribution in [2.45, 2.75) is 43.4 Å². The predicted molar refractivity (Wildman–Crippen MR) is 153 cm³/mol. The maximum atomic E-state index is 15.0. The SMILES string of the molecule is COc1ccc([C@H]2CC[C@@H]3[C@@H]4C[C@@H](c5ccc(OC)cc5)N(c5ccc(F)cc5)[C@@H]4c4cc(F)ccc4N23)cc1. The van der Waals surface area contributed by atoms with Crippen molar-refractivity contribution in [3.63, 3.8) is 0 Å². The lowest BCUT2D eigenvalue weighted by Crippen LogP contribution is -2.45. The second kappa shape index (κ2) is 9.84. The number of halogens is 2. The van der Waals surface area contributed by atoms with Crippen LogP contribution in [0, 0.1) is 17.6 Å². The van der Waals surface area contributed by atoms with Gasteiger partial charge < -0.3 is 19.3 Å². The van der Waals surface area contributed by atoms with Gasteiger partial charge in [0.05, 0.1) is 32.3 Å². The molecular weight excluding hydrogens is 506 g/mol. The summed E-state index contributed by atoms with van der Waals surface area (Å²) in [5, 5.41) is 0. The Labute approximate surface area is 233 Å². The van der Waals surface area contributed by atoms with E-state index in [2.05, 4.69) is 34.1 Å². The highest BCUT2D eigenvalue weighted by molar-refractivity contribution is 5.66. The molecular formula is C34H32F2N2O2. The van der Waals surface area contributed by atoms with E-state index in [1.54, 1.807) is 26.4 Å². The van der Waals surface area contributed by atoms with Crippen LogP contribution >= 0.6 is 0 Å². The summed E-state index contributed by atoms with van der Waals surface area (Å²) in [4.78, 5) is 4.96. The molecule has 3 heterocycles. The molecule has 4 aromatic rings. The quantitative estimate of drug-likeness (QED) is 0.257. The molecule has 3 aliphatic rings. The van der Waals surface area contributed by atoms with Crippen molar-refractivity contribution in [2.24, 2.45) is 5.92 Å². The summed E-state index contributed by atoms with van der Waals surface area (Å²) in [6, 6.07) is 29.1. The first-order valence-electron chi connectivity index (χ1n) is 14.0. The summed E-state index contributed by atoms with van der Waals surface area (Å²) in [5.41, 5.74) is 5.46. The number of benzene rings is 4. The third-order valence-corrected chi connectivity index (χ3v) is 9.17. The second-order valence-electron chi connectivity index (χ2n) is 11.1. The molecule has 3 aliphatic heterocycles. The van der Waals surface area contributed by atoms with Crippen molar-refractivity contribution < 1.29 is 18.3 Å². The van der Waals surface area contributed by atoms with Gasteiger partial charge in [0.15, 0.2) is 0 Å². The van der Waals surface area contributed by atoms with E-state index in [4.69, 9.17) is 9.47 Å². The highest BCUT2D eigenvalue weighted by Crippen LogP contribution is 2.60. The van der Waals surface area contributed by atoms with Gasteiger partial charge in [0.2, 0.25) is 0 Å². The summed E-state index contributed by atoms with van der Waals surface area (Å²) >= 11 is 0. The minimum Gasteiger partial charge on any atom is -0.497 e. The zero-order valence-corrected chi connectivity index (χ0v) is 22.6. The topological polar surface area (TPSA) is 24.9 Å². The summed E-state index contributed by atoms with van der Waals surface area (Å²) < 4.78 is 39.8. The summed E-state index contributed by atoms with van der Waals surface area (Å²) in [6.45, 7) is 0. The Hall–Kier alpha value is -4.06. The van der Waals surface area contributed by atoms with E-state index in [9.17, 15) is 8.78 Å². The molecule has 0 spiro atoms. The monoisotopic (exact) mass is 538 g/mol. The standard InChI is InChI=1S/C34H32F2N2O2/c1-39-26-12-3-21(4-13-26)30-17-18-32-29-20-33(22-5-14-27(40-2)15-6-22)37(25-10-7-23(35)8-11-25)34(29)28-19-24(36)9-16-31(28)38(30)32/h3-16,19,29-30,32-34H,17-18,20H2,1-2H3/t29-,30+,32+,33-,34+/m0/s1. The lowest BCUT2D eigenvalue weighted by molar-refractivity contribution is 0.364. The normalized spacial score (nSPS) is 24.9. The van der Waals surface area contributed by atoms with Crippen LogP contribution < -0.4 is 19.3 Å². The first-order valence-corrected chi connectivity index (χ1v) is 14.0. The predicted octanol–water partition coefficient (Wildman–Crippen LogP) is 8.01. The smallest absolute Gasteiger partial charge is 0.123 e. The Morgan fingerprint density at radius 3 is 1.88 bits per heavy atom. The first-order chi connectivity index (χ1) is 19.6. The molecule has 0 unspecified atom stereocenters. The maximum Gasteiger partial charge on any atom is 0.123 e. The Morgan fingerprint density at radius 2 is 1.25 bits per heavy atom. The minimum atomic E-state index is -0.264. The molecule has 0 aliphatic carbocycles. The zero-order chi connectivity index (χ0) is 27.4. The molecule has 0 radical (unpaired) electrons. The van der Waals surface area contributed by atoms with Crippen LogP contribution in [-0.4, -0.2) is 20.3 Å². The fourth-order valence-electron chi connectivity index (χ4n) is 7.48. The van der Waals surface area contributed by atoms with Crippen LogP contribution in [0.4, 0.5) is 20.2 Å². The minimum absolute atomic E-state index is 0.0286. The van der Waals surface area contributed by atoms with Gasteiger partial charge in [0.25, 0.3) is 0 Å². The van der Waals surface area contributed by atoms with Crippen molar-refractivity contribution in [3.8, 4) is 11.5 Å². The largest absolute Gasteiger partial charge is 0.497 e. The van der Waals surface area contributed by atoms with Gasteiger partial charge in [-0.05, 0) is 97.1 Å². The van der Waals surface area contributed by atoms with Crippen molar-refractivity contribution in [1.29, 1.82) is 0 Å². The number of ether oxygens (including phenoxy) is 2.